The van der Waals surface area contributed by atoms with Gasteiger partial charge in [0, 0.05) is 31.9 Å². The molecule has 3 N–H and O–H groups in total. The summed E-state index contributed by atoms with van der Waals surface area (Å²) in [4.78, 5) is 54.1. The first-order valence-electron chi connectivity index (χ1n) is 12.9. The zero-order chi connectivity index (χ0) is 28.0. The molecule has 0 bridgehead atoms. The van der Waals surface area contributed by atoms with Crippen molar-refractivity contribution in [3.63, 3.8) is 0 Å². The average Bonchev–Trinajstić information content (AvgIpc) is 3.65. The highest BCUT2D eigenvalue weighted by Gasteiger charge is 2.71. The minimum atomic E-state index is -2.54. The quantitative estimate of drug-likeness (QED) is 0.364. The van der Waals surface area contributed by atoms with Gasteiger partial charge in [-0.25, -0.2) is 33.1 Å². The lowest BCUT2D eigenvalue weighted by Crippen LogP contribution is -2.43. The fourth-order valence-electron chi connectivity index (χ4n) is 5.77. The number of imidazole rings is 1. The van der Waals surface area contributed by atoms with Crippen LogP contribution in [0.25, 0.3) is 22.4 Å². The van der Waals surface area contributed by atoms with Gasteiger partial charge in [0.25, 0.3) is 17.4 Å². The number of carbonyl (C=O) groups is 1. The van der Waals surface area contributed by atoms with E-state index in [2.05, 4.69) is 20.3 Å². The fourth-order valence-corrected chi connectivity index (χ4v) is 5.77. The molecule has 4 aromatic rings. The van der Waals surface area contributed by atoms with Gasteiger partial charge in [0.1, 0.15) is 17.2 Å². The molecule has 3 fully saturated rings. The number of rotatable bonds is 6. The molecule has 12 nitrogen and oxygen atoms in total. The smallest absolute Gasteiger partial charge is 0.333 e. The molecule has 3 aliphatic rings. The number of piperidine rings is 1. The second kappa shape index (κ2) is 8.27. The van der Waals surface area contributed by atoms with Gasteiger partial charge >= 0.3 is 5.69 Å². The second-order valence-electron chi connectivity index (χ2n) is 10.6. The van der Waals surface area contributed by atoms with Gasteiger partial charge in [0.05, 0.1) is 30.5 Å². The number of fused-ring (bicyclic) bond motifs is 2. The summed E-state index contributed by atoms with van der Waals surface area (Å²) in [6.45, 7) is 0.301. The Labute approximate surface area is 225 Å². The Morgan fingerprint density at radius 2 is 1.88 bits per heavy atom. The van der Waals surface area contributed by atoms with E-state index in [4.69, 9.17) is 5.73 Å². The summed E-state index contributed by atoms with van der Waals surface area (Å²) >= 11 is 0. The van der Waals surface area contributed by atoms with Crippen molar-refractivity contribution in [1.82, 2.24) is 28.7 Å². The number of nitrogens with two attached hydrogens (primary N) is 1. The Balaban J connectivity index is 1.12. The number of alkyl halides is 2. The van der Waals surface area contributed by atoms with Crippen LogP contribution in [0.15, 0.2) is 52.4 Å². The van der Waals surface area contributed by atoms with E-state index in [0.717, 1.165) is 4.57 Å². The molecule has 0 radical (unpaired) electrons. The number of hydrogen-bond donors (Lipinski definition) is 2. The molecule has 7 rings (SSSR count). The van der Waals surface area contributed by atoms with Gasteiger partial charge < -0.3 is 20.5 Å². The Bertz CT molecular complexity index is 1790. The van der Waals surface area contributed by atoms with Gasteiger partial charge in [0.2, 0.25) is 0 Å². The summed E-state index contributed by atoms with van der Waals surface area (Å²) in [5.41, 5.74) is 4.99. The van der Waals surface area contributed by atoms with E-state index in [0.29, 0.717) is 48.8 Å². The molecular weight excluding hydrogens is 524 g/mol. The predicted octanol–water partition coefficient (Wildman–Crippen LogP) is 1.10. The third-order valence-corrected chi connectivity index (χ3v) is 8.38. The number of nitrogens with one attached hydrogen (secondary N) is 1. The van der Waals surface area contributed by atoms with Crippen LogP contribution in [-0.4, -0.2) is 53.6 Å². The van der Waals surface area contributed by atoms with E-state index in [-0.39, 0.29) is 23.7 Å². The van der Waals surface area contributed by atoms with Crippen molar-refractivity contribution in [1.29, 1.82) is 0 Å². The lowest BCUT2D eigenvalue weighted by Gasteiger charge is -2.21. The highest BCUT2D eigenvalue weighted by atomic mass is 19.3. The van der Waals surface area contributed by atoms with E-state index in [1.54, 1.807) is 30.5 Å². The van der Waals surface area contributed by atoms with Crippen LogP contribution in [-0.2, 0) is 24.0 Å². The molecule has 4 aromatic heterocycles. The Hall–Kier alpha value is -4.46. The van der Waals surface area contributed by atoms with Crippen LogP contribution in [0.2, 0.25) is 0 Å². The molecule has 5 heterocycles. The third kappa shape index (κ3) is 3.44. The van der Waals surface area contributed by atoms with E-state index in [1.165, 1.54) is 22.5 Å². The van der Waals surface area contributed by atoms with Crippen LogP contribution in [0.1, 0.15) is 12.8 Å². The summed E-state index contributed by atoms with van der Waals surface area (Å²) in [6.07, 6.45) is 3.99. The summed E-state index contributed by atoms with van der Waals surface area (Å²) in [5.74, 6) is -3.11. The van der Waals surface area contributed by atoms with Crippen LogP contribution >= 0.6 is 0 Å². The van der Waals surface area contributed by atoms with E-state index < -0.39 is 34.5 Å². The lowest BCUT2D eigenvalue weighted by molar-refractivity contribution is -0.120. The zero-order valence-corrected chi connectivity index (χ0v) is 21.4. The van der Waals surface area contributed by atoms with Crippen molar-refractivity contribution in [2.75, 3.05) is 23.3 Å². The normalized spacial score (nSPS) is 21.9. The topological polar surface area (TPSA) is 146 Å². The molecule has 206 valence electrons. The summed E-state index contributed by atoms with van der Waals surface area (Å²) < 4.78 is 30.7. The number of amides is 1. The molecule has 2 atom stereocenters. The van der Waals surface area contributed by atoms with Crippen LogP contribution in [0.4, 0.5) is 20.4 Å². The first kappa shape index (κ1) is 24.6. The molecule has 1 aliphatic heterocycles. The maximum Gasteiger partial charge on any atom is 0.333 e. The summed E-state index contributed by atoms with van der Waals surface area (Å²) in [7, 11) is 1.50. The molecular formula is C26H25F2N9O3. The van der Waals surface area contributed by atoms with Crippen molar-refractivity contribution >= 4 is 28.7 Å². The number of pyridine rings is 2. The van der Waals surface area contributed by atoms with Gasteiger partial charge in [0.15, 0.2) is 11.2 Å². The van der Waals surface area contributed by atoms with Crippen LogP contribution < -0.4 is 27.2 Å². The monoisotopic (exact) mass is 549 g/mol. The molecule has 1 saturated heterocycles. The highest BCUT2D eigenvalue weighted by molar-refractivity contribution is 5.99. The van der Waals surface area contributed by atoms with Crippen LogP contribution in [0.3, 0.4) is 0 Å². The molecule has 40 heavy (non-hydrogen) atoms. The molecule has 2 saturated carbocycles. The van der Waals surface area contributed by atoms with Gasteiger partial charge in [-0.3, -0.25) is 14.2 Å². The number of anilines is 2. The van der Waals surface area contributed by atoms with Gasteiger partial charge in [-0.15, -0.1) is 0 Å². The average molecular weight is 550 g/mol. The van der Waals surface area contributed by atoms with Gasteiger partial charge in [-0.1, -0.05) is 6.07 Å². The Kier molecular flexibility index (Phi) is 5.08. The first-order chi connectivity index (χ1) is 19.2. The largest absolute Gasteiger partial charge is 0.356 e. The van der Waals surface area contributed by atoms with Crippen LogP contribution in [0.5, 0.6) is 0 Å². The van der Waals surface area contributed by atoms with Gasteiger partial charge in [-0.05, 0) is 37.1 Å². The number of nitrogens with zero attached hydrogens (tertiary/aromatic N) is 7. The predicted molar refractivity (Wildman–Crippen MR) is 141 cm³/mol. The SMILES string of the molecule is Cn1c(=O)n(CN)c(=O)c2c1ncn2C1(C(=O)Nc2cccc(-c3ccc(N4CC5C(C4)C5(F)F)nc3)n2)CC1. The third-order valence-electron chi connectivity index (χ3n) is 8.38. The molecule has 14 heteroatoms. The molecule has 1 amide bonds. The Morgan fingerprint density at radius 3 is 2.52 bits per heavy atom. The molecule has 0 aromatic carbocycles. The number of aryl methyl sites for hydroxylation is 1. The zero-order valence-electron chi connectivity index (χ0n) is 21.4. The minimum Gasteiger partial charge on any atom is -0.356 e. The lowest BCUT2D eigenvalue weighted by atomic mass is 10.2. The maximum absolute atomic E-state index is 13.5. The summed E-state index contributed by atoms with van der Waals surface area (Å²) in [6, 6.07) is 8.81. The number of hydrogen-bond acceptors (Lipinski definition) is 8. The van der Waals surface area contributed by atoms with Crippen molar-refractivity contribution < 1.29 is 13.6 Å². The van der Waals surface area contributed by atoms with Crippen molar-refractivity contribution in [3.05, 3.63) is 63.7 Å². The summed E-state index contributed by atoms with van der Waals surface area (Å²) in [5, 5.41) is 2.86. The van der Waals surface area contributed by atoms with Crippen LogP contribution in [0, 0.1) is 11.8 Å². The minimum absolute atomic E-state index is 0.132. The standard InChI is InChI=1S/C26H25F2N9O3/c1-34-21-20(22(38)36(12-29)24(34)40)37(13-31-21)25(7-8-25)23(39)33-18-4-2-3-17(32-18)14-5-6-19(30-9-14)35-10-15-16(11-35)26(15,27)28/h2-6,9,13,15-16H,7-8,10-12,29H2,1H3,(H,32,33,39). The van der Waals surface area contributed by atoms with Crippen molar-refractivity contribution in [3.8, 4) is 11.3 Å². The number of carbonyl (C=O) groups excluding carboxylic acids is 1. The van der Waals surface area contributed by atoms with E-state index in [1.807, 2.05) is 11.0 Å². The van der Waals surface area contributed by atoms with Gasteiger partial charge in [-0.2, -0.15) is 0 Å². The fraction of sp³-hybridized carbons (Fsp3) is 0.385. The first-order valence-corrected chi connectivity index (χ1v) is 12.9. The Morgan fingerprint density at radius 1 is 1.12 bits per heavy atom. The second-order valence-corrected chi connectivity index (χ2v) is 10.6. The number of aromatic nitrogens is 6. The highest BCUT2D eigenvalue weighted by Crippen LogP contribution is 2.59. The van der Waals surface area contributed by atoms with E-state index in [9.17, 15) is 23.2 Å². The van der Waals surface area contributed by atoms with E-state index >= 15 is 0 Å². The molecule has 2 unspecified atom stereocenters. The molecule has 0 spiro atoms. The molecule has 2 aliphatic carbocycles. The maximum atomic E-state index is 13.5. The van der Waals surface area contributed by atoms with Crippen molar-refractivity contribution in [2.45, 2.75) is 31.0 Å². The number of halogens is 2. The van der Waals surface area contributed by atoms with Crippen molar-refractivity contribution in [2.24, 2.45) is 24.6 Å².